The monoisotopic (exact) mass is 438 g/mol. The van der Waals surface area contributed by atoms with Crippen molar-refractivity contribution in [3.8, 4) is 5.75 Å². The van der Waals surface area contributed by atoms with E-state index in [0.29, 0.717) is 28.7 Å². The van der Waals surface area contributed by atoms with Crippen molar-refractivity contribution >= 4 is 27.7 Å². The minimum absolute atomic E-state index is 0.0225. The molecule has 2 atom stereocenters. The zero-order valence-corrected chi connectivity index (χ0v) is 21.4. The molecule has 1 saturated carbocycles. The van der Waals surface area contributed by atoms with E-state index in [-0.39, 0.29) is 11.6 Å². The molecular weight excluding hydrogens is 404 g/mol. The molecule has 0 amide bonds. The summed E-state index contributed by atoms with van der Waals surface area (Å²) in [7, 11) is -2.07. The van der Waals surface area contributed by atoms with Crippen molar-refractivity contribution in [3.63, 3.8) is 0 Å². The molecule has 0 aromatic heterocycles. The average Bonchev–Trinajstić information content (AvgIpc) is 2.67. The first-order chi connectivity index (χ1) is 14.0. The van der Waals surface area contributed by atoms with E-state index in [1.165, 1.54) is 23.2 Å². The summed E-state index contributed by atoms with van der Waals surface area (Å²) in [6.07, 6.45) is 4.75. The average molecular weight is 439 g/mol. The molecule has 4 rings (SSSR count). The maximum atomic E-state index is 14.1. The summed E-state index contributed by atoms with van der Waals surface area (Å²) in [6, 6.07) is 5.45. The summed E-state index contributed by atoms with van der Waals surface area (Å²) in [6.45, 7) is 14.1. The number of allylic oxidation sites excluding steroid dienone is 4. The third kappa shape index (κ3) is 3.13. The molecule has 1 fully saturated rings. The van der Waals surface area contributed by atoms with Crippen LogP contribution in [-0.2, 0) is 0 Å². The van der Waals surface area contributed by atoms with Gasteiger partial charge in [0.15, 0.2) is 11.6 Å². The largest absolute Gasteiger partial charge is 0.496 e. The molecule has 1 aromatic carbocycles. The first kappa shape index (κ1) is 21.5. The Hall–Kier alpha value is -1.73. The Balaban J connectivity index is 2.16. The second-order valence-electron chi connectivity index (χ2n) is 11.1. The molecule has 3 aliphatic carbocycles. The van der Waals surface area contributed by atoms with Gasteiger partial charge in [0.05, 0.1) is 28.8 Å². The Morgan fingerprint density at radius 1 is 0.800 bits per heavy atom. The maximum absolute atomic E-state index is 14.1. The van der Waals surface area contributed by atoms with Crippen molar-refractivity contribution in [3.05, 3.63) is 50.9 Å². The van der Waals surface area contributed by atoms with E-state index < -0.39 is 16.1 Å². The number of fused-ring (bicyclic) bond motifs is 3. The fraction of sp³-hybridized carbons (Fsp3) is 0.520. The van der Waals surface area contributed by atoms with Gasteiger partial charge in [0.2, 0.25) is 0 Å². The predicted octanol–water partition coefficient (Wildman–Crippen LogP) is 6.24. The van der Waals surface area contributed by atoms with Gasteiger partial charge in [-0.25, -0.2) is 0 Å². The molecule has 160 valence electrons. The molecule has 0 radical (unpaired) electrons. The molecule has 0 aliphatic heterocycles. The molecule has 5 heteroatoms. The van der Waals surface area contributed by atoms with Gasteiger partial charge in [-0.1, -0.05) is 74.6 Å². The van der Waals surface area contributed by atoms with Gasteiger partial charge in [-0.3, -0.25) is 9.59 Å². The van der Waals surface area contributed by atoms with Crippen molar-refractivity contribution in [2.45, 2.75) is 65.0 Å². The van der Waals surface area contributed by atoms with Gasteiger partial charge >= 0.3 is 0 Å². The lowest BCUT2D eigenvalue weighted by molar-refractivity contribution is 0.0963. The Morgan fingerprint density at radius 3 is 1.77 bits per heavy atom. The smallest absolute Gasteiger partial charge is 0.197 e. The molecule has 3 nitrogen and oxygen atoms in total. The maximum Gasteiger partial charge on any atom is 0.197 e. The molecule has 0 heterocycles. The van der Waals surface area contributed by atoms with Crippen LogP contribution in [0.25, 0.3) is 0 Å². The van der Waals surface area contributed by atoms with Gasteiger partial charge in [-0.05, 0) is 30.7 Å². The Kier molecular flexibility index (Phi) is 5.13. The number of benzene rings is 1. The van der Waals surface area contributed by atoms with Crippen molar-refractivity contribution in [1.82, 2.24) is 0 Å². The highest BCUT2D eigenvalue weighted by molar-refractivity contribution is 6.85. The van der Waals surface area contributed by atoms with E-state index >= 15 is 0 Å². The van der Waals surface area contributed by atoms with Crippen LogP contribution >= 0.6 is 0 Å². The lowest BCUT2D eigenvalue weighted by Crippen LogP contribution is -2.47. The minimum atomic E-state index is -1.83. The van der Waals surface area contributed by atoms with Crippen molar-refractivity contribution in [2.75, 3.05) is 7.11 Å². The number of rotatable bonds is 3. The van der Waals surface area contributed by atoms with E-state index in [9.17, 15) is 9.59 Å². The van der Waals surface area contributed by atoms with Crippen molar-refractivity contribution in [2.24, 2.45) is 11.8 Å². The molecule has 0 spiro atoms. The lowest BCUT2D eigenvalue weighted by atomic mass is 9.68. The van der Waals surface area contributed by atoms with Crippen LogP contribution < -0.4 is 4.74 Å². The van der Waals surface area contributed by atoms with E-state index in [1.807, 2.05) is 12.1 Å². The topological polar surface area (TPSA) is 43.4 Å². The molecule has 3 aliphatic rings. The van der Waals surface area contributed by atoms with Gasteiger partial charge in [-0.2, -0.15) is 0 Å². The summed E-state index contributed by atoms with van der Waals surface area (Å²) >= 11 is 0. The highest BCUT2D eigenvalue weighted by Gasteiger charge is 2.51. The first-order valence-electron chi connectivity index (χ1n) is 11.2. The van der Waals surface area contributed by atoms with Crippen molar-refractivity contribution in [1.29, 1.82) is 0 Å². The Morgan fingerprint density at radius 2 is 1.30 bits per heavy atom. The van der Waals surface area contributed by atoms with Crippen molar-refractivity contribution < 1.29 is 14.3 Å². The molecule has 0 N–H and O–H groups in total. The molecule has 0 bridgehead atoms. The van der Waals surface area contributed by atoms with E-state index in [0.717, 1.165) is 24.0 Å². The molecular formula is C25H34O3Si2. The third-order valence-electron chi connectivity index (χ3n) is 7.08. The predicted molar refractivity (Wildman–Crippen MR) is 128 cm³/mol. The van der Waals surface area contributed by atoms with Crippen LogP contribution in [0.15, 0.2) is 39.7 Å². The van der Waals surface area contributed by atoms with Crippen LogP contribution in [0, 0.1) is 11.8 Å². The quantitative estimate of drug-likeness (QED) is 0.524. The van der Waals surface area contributed by atoms with Crippen LogP contribution in [-0.4, -0.2) is 34.8 Å². The fourth-order valence-corrected chi connectivity index (χ4v) is 11.1. The fourth-order valence-electron chi connectivity index (χ4n) is 6.18. The molecule has 0 saturated heterocycles. The highest BCUT2D eigenvalue weighted by atomic mass is 28.3. The lowest BCUT2D eigenvalue weighted by Gasteiger charge is -2.48. The summed E-state index contributed by atoms with van der Waals surface area (Å²) in [5, 5.41) is 2.70. The zero-order chi connectivity index (χ0) is 22.0. The Labute approximate surface area is 182 Å². The van der Waals surface area contributed by atoms with E-state index in [2.05, 4.69) is 39.3 Å². The number of hydrogen-bond donors (Lipinski definition) is 0. The van der Waals surface area contributed by atoms with Crippen LogP contribution in [0.2, 0.25) is 39.3 Å². The molecule has 0 unspecified atom stereocenters. The van der Waals surface area contributed by atoms with Crippen LogP contribution in [0.3, 0.4) is 0 Å². The number of Topliss-reactive ketones (excluding diaryl/α,β-unsaturated/α-hetero) is 2. The van der Waals surface area contributed by atoms with Crippen LogP contribution in [0.1, 0.15) is 46.4 Å². The Bertz CT molecular complexity index is 1000. The summed E-state index contributed by atoms with van der Waals surface area (Å²) in [5.74, 6) is 1.46. The summed E-state index contributed by atoms with van der Waals surface area (Å²) in [4.78, 5) is 28.1. The summed E-state index contributed by atoms with van der Waals surface area (Å²) < 4.78 is 5.54. The van der Waals surface area contributed by atoms with Crippen LogP contribution in [0.5, 0.6) is 5.75 Å². The zero-order valence-electron chi connectivity index (χ0n) is 19.4. The third-order valence-corrected chi connectivity index (χ3v) is 11.6. The highest BCUT2D eigenvalue weighted by Crippen LogP contribution is 2.54. The second kappa shape index (κ2) is 7.16. The van der Waals surface area contributed by atoms with Gasteiger partial charge in [0, 0.05) is 16.7 Å². The van der Waals surface area contributed by atoms with Gasteiger partial charge in [-0.15, -0.1) is 0 Å². The molecule has 1 aromatic rings. The number of ether oxygens (including phenoxy) is 1. The van der Waals surface area contributed by atoms with Crippen LogP contribution in [0.4, 0.5) is 0 Å². The van der Waals surface area contributed by atoms with E-state index in [4.69, 9.17) is 4.74 Å². The minimum Gasteiger partial charge on any atom is -0.496 e. The number of carbonyl (C=O) groups is 2. The van der Waals surface area contributed by atoms with Gasteiger partial charge in [0.1, 0.15) is 5.75 Å². The van der Waals surface area contributed by atoms with E-state index in [1.54, 1.807) is 13.2 Å². The number of carbonyl (C=O) groups excluding carboxylic acids is 2. The number of ketones is 2. The molecule has 30 heavy (non-hydrogen) atoms. The number of methoxy groups -OCH3 is 1. The summed E-state index contributed by atoms with van der Waals surface area (Å²) in [5.41, 5.74) is 2.57. The number of hydrogen-bond acceptors (Lipinski definition) is 3. The second-order valence-corrected chi connectivity index (χ2v) is 21.2. The normalized spacial score (nSPS) is 24.5. The van der Waals surface area contributed by atoms with Gasteiger partial charge in [0.25, 0.3) is 0 Å². The first-order valence-corrected chi connectivity index (χ1v) is 18.2. The van der Waals surface area contributed by atoms with Gasteiger partial charge < -0.3 is 4.74 Å². The SMILES string of the molecule is COc1cccc2c1C(=O)C1=C([Si](C)(C)C)[C@H]3CCCC[C@H]3C([Si](C)(C)C)=C1C2=O. The standard InChI is InChI=1S/C25H34O3Si2/c1-28-18-14-10-13-17-19(18)23(27)21-20(22(17)26)24(29(2,3)4)15-11-8-9-12-16(15)25(21)30(5,6)7/h10,13-16H,8-9,11-12H2,1-7H3/t15-,16+/m1/s1.